The summed E-state index contributed by atoms with van der Waals surface area (Å²) in [5.41, 5.74) is 0.716. The van der Waals surface area contributed by atoms with Gasteiger partial charge in [0.1, 0.15) is 5.82 Å². The maximum absolute atomic E-state index is 8.87. The predicted molar refractivity (Wildman–Crippen MR) is 56.2 cm³/mol. The van der Waals surface area contributed by atoms with E-state index >= 15 is 0 Å². The third kappa shape index (κ3) is 2.96. The highest BCUT2D eigenvalue weighted by Crippen LogP contribution is 2.17. The molecule has 0 aliphatic carbocycles. The molecule has 0 saturated carbocycles. The van der Waals surface area contributed by atoms with Crippen LogP contribution in [0.25, 0.3) is 0 Å². The van der Waals surface area contributed by atoms with E-state index in [-0.39, 0.29) is 12.1 Å². The minimum Gasteiger partial charge on any atom is -0.396 e. The summed E-state index contributed by atoms with van der Waals surface area (Å²) in [4.78, 5) is 8.33. The topological polar surface area (TPSA) is 58.0 Å². The smallest absolute Gasteiger partial charge is 0.147 e. The van der Waals surface area contributed by atoms with E-state index in [2.05, 4.69) is 15.3 Å². The third-order valence-electron chi connectivity index (χ3n) is 2.07. The molecule has 14 heavy (non-hydrogen) atoms. The van der Waals surface area contributed by atoms with E-state index in [1.807, 2.05) is 20.8 Å². The van der Waals surface area contributed by atoms with Crippen LogP contribution in [-0.2, 0) is 0 Å². The molecule has 1 aromatic heterocycles. The van der Waals surface area contributed by atoms with Gasteiger partial charge in [0.15, 0.2) is 0 Å². The molecular weight excluding hydrogens is 178 g/mol. The van der Waals surface area contributed by atoms with Crippen LogP contribution < -0.4 is 5.32 Å². The summed E-state index contributed by atoms with van der Waals surface area (Å²) in [5.74, 6) is 0.783. The number of aromatic nitrogens is 2. The molecule has 4 heteroatoms. The van der Waals surface area contributed by atoms with Crippen molar-refractivity contribution in [2.24, 2.45) is 0 Å². The fraction of sp³-hybridized carbons (Fsp3) is 0.600. The molecule has 0 aliphatic heterocycles. The molecule has 0 fully saturated rings. The SMILES string of the molecule is Cc1nccnc1NC(C)(C)CCO. The Labute approximate surface area is 84.4 Å². The number of anilines is 1. The summed E-state index contributed by atoms with van der Waals surface area (Å²) in [6.45, 7) is 6.12. The van der Waals surface area contributed by atoms with Crippen LogP contribution in [0.4, 0.5) is 5.82 Å². The Bertz CT molecular complexity index is 299. The number of hydrogen-bond donors (Lipinski definition) is 2. The molecule has 0 bridgehead atoms. The molecule has 0 aliphatic rings. The highest BCUT2D eigenvalue weighted by molar-refractivity contribution is 5.40. The van der Waals surface area contributed by atoms with Crippen molar-refractivity contribution in [3.05, 3.63) is 18.1 Å². The average molecular weight is 195 g/mol. The van der Waals surface area contributed by atoms with E-state index in [4.69, 9.17) is 5.11 Å². The Balaban J connectivity index is 2.73. The van der Waals surface area contributed by atoms with Gasteiger partial charge in [0.2, 0.25) is 0 Å². The van der Waals surface area contributed by atoms with Gasteiger partial charge in [0, 0.05) is 24.5 Å². The van der Waals surface area contributed by atoms with E-state index in [0.29, 0.717) is 6.42 Å². The standard InChI is InChI=1S/C10H17N3O/c1-8-9(12-6-5-11-8)13-10(2,3)4-7-14/h5-6,14H,4,7H2,1-3H3,(H,12,13). The number of aryl methyl sites for hydroxylation is 1. The summed E-state index contributed by atoms with van der Waals surface area (Å²) < 4.78 is 0. The van der Waals surface area contributed by atoms with Crippen LogP contribution in [0.15, 0.2) is 12.4 Å². The highest BCUT2D eigenvalue weighted by Gasteiger charge is 2.17. The molecule has 0 unspecified atom stereocenters. The maximum atomic E-state index is 8.87. The number of nitrogens with one attached hydrogen (secondary N) is 1. The van der Waals surface area contributed by atoms with Crippen molar-refractivity contribution in [2.45, 2.75) is 32.7 Å². The molecule has 0 atom stereocenters. The van der Waals surface area contributed by atoms with Crippen LogP contribution >= 0.6 is 0 Å². The molecular formula is C10H17N3O. The van der Waals surface area contributed by atoms with Gasteiger partial charge in [-0.25, -0.2) is 4.98 Å². The minimum atomic E-state index is -0.157. The summed E-state index contributed by atoms with van der Waals surface area (Å²) in [5, 5.41) is 12.1. The zero-order valence-electron chi connectivity index (χ0n) is 8.91. The Hall–Kier alpha value is -1.16. The fourth-order valence-electron chi connectivity index (χ4n) is 1.19. The second-order valence-electron chi connectivity index (χ2n) is 3.97. The van der Waals surface area contributed by atoms with Crippen molar-refractivity contribution in [1.82, 2.24) is 9.97 Å². The van der Waals surface area contributed by atoms with Gasteiger partial charge in [-0.2, -0.15) is 0 Å². The Morgan fingerprint density at radius 1 is 1.36 bits per heavy atom. The fourth-order valence-corrected chi connectivity index (χ4v) is 1.19. The lowest BCUT2D eigenvalue weighted by Gasteiger charge is -2.26. The zero-order valence-corrected chi connectivity index (χ0v) is 8.91. The molecule has 1 aromatic rings. The summed E-state index contributed by atoms with van der Waals surface area (Å²) in [7, 11) is 0. The highest BCUT2D eigenvalue weighted by atomic mass is 16.3. The quantitative estimate of drug-likeness (QED) is 0.761. The lowest BCUT2D eigenvalue weighted by Crippen LogP contribution is -2.32. The lowest BCUT2D eigenvalue weighted by molar-refractivity contribution is 0.260. The van der Waals surface area contributed by atoms with Gasteiger partial charge in [-0.15, -0.1) is 0 Å². The molecule has 0 amide bonds. The lowest BCUT2D eigenvalue weighted by atomic mass is 10.0. The van der Waals surface area contributed by atoms with E-state index in [1.165, 1.54) is 0 Å². The molecule has 4 nitrogen and oxygen atoms in total. The molecule has 78 valence electrons. The van der Waals surface area contributed by atoms with Gasteiger partial charge in [0.05, 0.1) is 5.69 Å². The van der Waals surface area contributed by atoms with Crippen LogP contribution in [0.2, 0.25) is 0 Å². The monoisotopic (exact) mass is 195 g/mol. The second-order valence-corrected chi connectivity index (χ2v) is 3.97. The van der Waals surface area contributed by atoms with Crippen molar-refractivity contribution in [3.8, 4) is 0 Å². The van der Waals surface area contributed by atoms with Gasteiger partial charge in [-0.3, -0.25) is 4.98 Å². The first-order valence-electron chi connectivity index (χ1n) is 4.72. The maximum Gasteiger partial charge on any atom is 0.147 e. The molecule has 2 N–H and O–H groups in total. The second kappa shape index (κ2) is 4.37. The Morgan fingerprint density at radius 3 is 2.57 bits per heavy atom. The van der Waals surface area contributed by atoms with Crippen LogP contribution in [-0.4, -0.2) is 27.2 Å². The molecule has 1 rings (SSSR count). The number of aliphatic hydroxyl groups excluding tert-OH is 1. The first-order valence-corrected chi connectivity index (χ1v) is 4.72. The molecule has 1 heterocycles. The first-order chi connectivity index (χ1) is 6.55. The van der Waals surface area contributed by atoms with Gasteiger partial charge in [-0.05, 0) is 27.2 Å². The number of rotatable bonds is 4. The largest absolute Gasteiger partial charge is 0.396 e. The van der Waals surface area contributed by atoms with Gasteiger partial charge in [-0.1, -0.05) is 0 Å². The van der Waals surface area contributed by atoms with Crippen molar-refractivity contribution in [3.63, 3.8) is 0 Å². The third-order valence-corrected chi connectivity index (χ3v) is 2.07. The van der Waals surface area contributed by atoms with Gasteiger partial charge in [0.25, 0.3) is 0 Å². The van der Waals surface area contributed by atoms with Crippen LogP contribution in [0.5, 0.6) is 0 Å². The Morgan fingerprint density at radius 2 is 2.00 bits per heavy atom. The Kier molecular flexibility index (Phi) is 3.41. The van der Waals surface area contributed by atoms with E-state index < -0.39 is 0 Å². The molecule has 0 aromatic carbocycles. The van der Waals surface area contributed by atoms with Crippen molar-refractivity contribution in [1.29, 1.82) is 0 Å². The van der Waals surface area contributed by atoms with Crippen LogP contribution in [0.1, 0.15) is 26.0 Å². The van der Waals surface area contributed by atoms with E-state index in [9.17, 15) is 0 Å². The first kappa shape index (κ1) is 10.9. The minimum absolute atomic E-state index is 0.157. The molecule has 0 spiro atoms. The predicted octanol–water partition coefficient (Wildman–Crippen LogP) is 1.36. The average Bonchev–Trinajstić information content (AvgIpc) is 2.08. The van der Waals surface area contributed by atoms with E-state index in [0.717, 1.165) is 11.5 Å². The number of nitrogens with zero attached hydrogens (tertiary/aromatic N) is 2. The van der Waals surface area contributed by atoms with Gasteiger partial charge >= 0.3 is 0 Å². The normalized spacial score (nSPS) is 11.4. The number of hydrogen-bond acceptors (Lipinski definition) is 4. The summed E-state index contributed by atoms with van der Waals surface area (Å²) in [6.07, 6.45) is 4.01. The van der Waals surface area contributed by atoms with E-state index in [1.54, 1.807) is 12.4 Å². The summed E-state index contributed by atoms with van der Waals surface area (Å²) >= 11 is 0. The molecule has 0 saturated heterocycles. The summed E-state index contributed by atoms with van der Waals surface area (Å²) in [6, 6.07) is 0. The number of aliphatic hydroxyl groups is 1. The van der Waals surface area contributed by atoms with Crippen molar-refractivity contribution >= 4 is 5.82 Å². The van der Waals surface area contributed by atoms with Crippen molar-refractivity contribution < 1.29 is 5.11 Å². The zero-order chi connectivity index (χ0) is 10.6. The van der Waals surface area contributed by atoms with Crippen LogP contribution in [0, 0.1) is 6.92 Å². The van der Waals surface area contributed by atoms with Gasteiger partial charge < -0.3 is 10.4 Å². The van der Waals surface area contributed by atoms with Crippen LogP contribution in [0.3, 0.4) is 0 Å². The molecule has 0 radical (unpaired) electrons. The van der Waals surface area contributed by atoms with Crippen molar-refractivity contribution in [2.75, 3.05) is 11.9 Å².